The van der Waals surface area contributed by atoms with E-state index in [1.165, 1.54) is 17.5 Å². The number of rotatable bonds is 4. The largest absolute Gasteiger partial charge is 0.378 e. The lowest BCUT2D eigenvalue weighted by atomic mass is 10.1. The summed E-state index contributed by atoms with van der Waals surface area (Å²) in [5, 5.41) is 9.71. The van der Waals surface area contributed by atoms with Gasteiger partial charge in [-0.05, 0) is 12.1 Å². The van der Waals surface area contributed by atoms with E-state index < -0.39 is 11.8 Å². The van der Waals surface area contributed by atoms with Crippen molar-refractivity contribution in [2.24, 2.45) is 0 Å². The number of nitrogens with one attached hydrogen (secondary N) is 3. The highest BCUT2D eigenvalue weighted by molar-refractivity contribution is 7.13. The Morgan fingerprint density at radius 3 is 2.62 bits per heavy atom. The number of anilines is 1. The van der Waals surface area contributed by atoms with Crippen LogP contribution in [0, 0.1) is 0 Å². The first-order valence-corrected chi connectivity index (χ1v) is 10.1. The van der Waals surface area contributed by atoms with Crippen LogP contribution in [-0.4, -0.2) is 53.3 Å². The minimum atomic E-state index is -0.499. The van der Waals surface area contributed by atoms with E-state index in [9.17, 15) is 9.59 Å². The monoisotopic (exact) mass is 432 g/mol. The van der Waals surface area contributed by atoms with Gasteiger partial charge < -0.3 is 9.64 Å². The Hall–Kier alpha value is -2.95. The summed E-state index contributed by atoms with van der Waals surface area (Å²) in [5.74, 6) is -0.994. The number of nitrogens with zero attached hydrogens (tertiary/aromatic N) is 3. The van der Waals surface area contributed by atoms with Gasteiger partial charge in [-0.25, -0.2) is 4.98 Å². The maximum absolute atomic E-state index is 12.5. The average molecular weight is 433 g/mol. The van der Waals surface area contributed by atoms with E-state index in [-0.39, 0.29) is 5.69 Å². The van der Waals surface area contributed by atoms with E-state index >= 15 is 0 Å². The minimum absolute atomic E-state index is 0.238. The Morgan fingerprint density at radius 2 is 1.86 bits per heavy atom. The summed E-state index contributed by atoms with van der Waals surface area (Å²) >= 11 is 7.28. The number of morpholine rings is 1. The molecule has 2 aromatic heterocycles. The van der Waals surface area contributed by atoms with Gasteiger partial charge in [0.15, 0.2) is 5.13 Å². The van der Waals surface area contributed by atoms with Gasteiger partial charge in [-0.2, -0.15) is 5.10 Å². The number of hydrogen-bond donors (Lipinski definition) is 3. The number of ether oxygens (including phenoxy) is 1. The third-order valence-electron chi connectivity index (χ3n) is 4.31. The van der Waals surface area contributed by atoms with Crippen LogP contribution in [0.1, 0.15) is 20.8 Å². The van der Waals surface area contributed by atoms with Crippen molar-refractivity contribution in [3.63, 3.8) is 0 Å². The van der Waals surface area contributed by atoms with Gasteiger partial charge in [0.25, 0.3) is 11.8 Å². The Morgan fingerprint density at radius 1 is 1.14 bits per heavy atom. The molecule has 1 aliphatic rings. The highest BCUT2D eigenvalue weighted by Gasteiger charge is 2.19. The van der Waals surface area contributed by atoms with Crippen molar-refractivity contribution >= 4 is 39.9 Å². The molecule has 3 aromatic rings. The maximum atomic E-state index is 12.5. The van der Waals surface area contributed by atoms with Gasteiger partial charge in [0, 0.05) is 29.1 Å². The van der Waals surface area contributed by atoms with Crippen molar-refractivity contribution < 1.29 is 14.3 Å². The Balaban J connectivity index is 1.39. The third kappa shape index (κ3) is 4.39. The molecule has 0 spiro atoms. The van der Waals surface area contributed by atoms with Crippen LogP contribution in [0.3, 0.4) is 0 Å². The number of aromatic nitrogens is 3. The first-order chi connectivity index (χ1) is 14.1. The smallest absolute Gasteiger partial charge is 0.289 e. The molecule has 0 aliphatic carbocycles. The molecule has 150 valence electrons. The summed E-state index contributed by atoms with van der Waals surface area (Å²) < 4.78 is 5.32. The van der Waals surface area contributed by atoms with Crippen molar-refractivity contribution in [2.45, 2.75) is 0 Å². The van der Waals surface area contributed by atoms with Crippen LogP contribution >= 0.6 is 22.9 Å². The summed E-state index contributed by atoms with van der Waals surface area (Å²) in [6.45, 7) is 2.74. The summed E-state index contributed by atoms with van der Waals surface area (Å²) in [6.07, 6.45) is 1.39. The van der Waals surface area contributed by atoms with Crippen LogP contribution in [0.4, 0.5) is 5.13 Å². The van der Waals surface area contributed by atoms with Gasteiger partial charge in [0.2, 0.25) is 0 Å². The van der Waals surface area contributed by atoms with Crippen molar-refractivity contribution in [2.75, 3.05) is 31.2 Å². The molecule has 11 heteroatoms. The van der Waals surface area contributed by atoms with Crippen LogP contribution in [0.25, 0.3) is 11.3 Å². The second kappa shape index (κ2) is 8.60. The highest BCUT2D eigenvalue weighted by Crippen LogP contribution is 2.23. The van der Waals surface area contributed by atoms with Crippen LogP contribution in [-0.2, 0) is 4.74 Å². The van der Waals surface area contributed by atoms with Gasteiger partial charge >= 0.3 is 0 Å². The van der Waals surface area contributed by atoms with Crippen molar-refractivity contribution in [1.29, 1.82) is 0 Å². The molecule has 0 radical (unpaired) electrons. The molecule has 1 aliphatic heterocycles. The summed E-state index contributed by atoms with van der Waals surface area (Å²) in [5.41, 5.74) is 6.59. The number of carbonyl (C=O) groups is 2. The van der Waals surface area contributed by atoms with E-state index in [4.69, 9.17) is 16.3 Å². The molecule has 1 saturated heterocycles. The van der Waals surface area contributed by atoms with Crippen molar-refractivity contribution in [3.8, 4) is 11.3 Å². The number of halogens is 1. The lowest BCUT2D eigenvalue weighted by molar-refractivity contribution is 0.0844. The molecule has 29 heavy (non-hydrogen) atoms. The van der Waals surface area contributed by atoms with Crippen molar-refractivity contribution in [1.82, 2.24) is 26.0 Å². The predicted molar refractivity (Wildman–Crippen MR) is 109 cm³/mol. The number of carbonyl (C=O) groups excluding carboxylic acids is 2. The van der Waals surface area contributed by atoms with Gasteiger partial charge in [-0.15, -0.1) is 11.3 Å². The molecule has 1 aromatic carbocycles. The Labute approximate surface area is 175 Å². The van der Waals surface area contributed by atoms with E-state index in [0.29, 0.717) is 29.5 Å². The van der Waals surface area contributed by atoms with E-state index in [2.05, 4.69) is 30.9 Å². The van der Waals surface area contributed by atoms with Crippen LogP contribution in [0.5, 0.6) is 0 Å². The second-order valence-electron chi connectivity index (χ2n) is 6.19. The van der Waals surface area contributed by atoms with Crippen LogP contribution < -0.4 is 15.8 Å². The molecule has 1 fully saturated rings. The first kappa shape index (κ1) is 19.4. The zero-order valence-electron chi connectivity index (χ0n) is 15.1. The summed E-state index contributed by atoms with van der Waals surface area (Å²) in [6, 6.07) is 6.98. The van der Waals surface area contributed by atoms with Crippen molar-refractivity contribution in [3.05, 3.63) is 52.1 Å². The molecule has 3 heterocycles. The number of aromatic amines is 1. The van der Waals surface area contributed by atoms with Gasteiger partial charge in [0.05, 0.1) is 30.7 Å². The zero-order chi connectivity index (χ0) is 20.2. The van der Waals surface area contributed by atoms with E-state index in [1.807, 2.05) is 0 Å². The molecule has 3 N–H and O–H groups in total. The van der Waals surface area contributed by atoms with Crippen LogP contribution in [0.2, 0.25) is 5.02 Å². The first-order valence-electron chi connectivity index (χ1n) is 8.80. The molecular formula is C18H17ClN6O3S. The zero-order valence-corrected chi connectivity index (χ0v) is 16.7. The van der Waals surface area contributed by atoms with E-state index in [0.717, 1.165) is 23.8 Å². The predicted octanol–water partition coefficient (Wildman–Crippen LogP) is 2.10. The number of amides is 2. The lowest BCUT2D eigenvalue weighted by Gasteiger charge is -2.25. The molecule has 0 saturated carbocycles. The quantitative estimate of drug-likeness (QED) is 0.544. The minimum Gasteiger partial charge on any atom is -0.378 e. The Kier molecular flexibility index (Phi) is 5.74. The molecule has 4 rings (SSSR count). The highest BCUT2D eigenvalue weighted by atomic mass is 35.5. The molecule has 0 atom stereocenters. The number of thiazole rings is 1. The number of H-pyrrole nitrogens is 1. The van der Waals surface area contributed by atoms with Gasteiger partial charge in [-0.1, -0.05) is 23.7 Å². The lowest BCUT2D eigenvalue weighted by Crippen LogP contribution is -2.42. The number of hydrazine groups is 1. The van der Waals surface area contributed by atoms with E-state index in [1.54, 1.807) is 29.6 Å². The molecule has 9 nitrogen and oxygen atoms in total. The number of benzene rings is 1. The fraction of sp³-hybridized carbons (Fsp3) is 0.222. The maximum Gasteiger partial charge on any atom is 0.289 e. The third-order valence-corrected chi connectivity index (χ3v) is 5.47. The van der Waals surface area contributed by atoms with Gasteiger partial charge in [-0.3, -0.25) is 25.5 Å². The summed E-state index contributed by atoms with van der Waals surface area (Å²) in [7, 11) is 0. The molecule has 0 unspecified atom stereocenters. The molecule has 0 bridgehead atoms. The fourth-order valence-corrected chi connectivity index (χ4v) is 3.79. The fourth-order valence-electron chi connectivity index (χ4n) is 2.81. The number of hydrogen-bond acceptors (Lipinski definition) is 7. The van der Waals surface area contributed by atoms with Crippen LogP contribution in [0.15, 0.2) is 35.8 Å². The summed E-state index contributed by atoms with van der Waals surface area (Å²) in [4.78, 5) is 31.3. The molecule has 2 amide bonds. The second-order valence-corrected chi connectivity index (χ2v) is 7.46. The van der Waals surface area contributed by atoms with Gasteiger partial charge in [0.1, 0.15) is 5.69 Å². The molecular weight excluding hydrogens is 416 g/mol. The average Bonchev–Trinajstić information content (AvgIpc) is 3.43. The SMILES string of the molecule is O=C(NNC(=O)c1cn[nH]c1-c1ccc(Cl)cc1)c1csc(N2CCOCC2)n1. The normalized spacial score (nSPS) is 13.9. The Bertz CT molecular complexity index is 1010. The standard InChI is InChI=1S/C18H17ClN6O3S/c19-12-3-1-11(2-4-12)15-13(9-20-22-15)16(26)23-24-17(27)14-10-29-18(21-14)25-5-7-28-8-6-25/h1-4,9-10H,5-8H2,(H,20,22)(H,23,26)(H,24,27). The topological polar surface area (TPSA) is 112 Å².